The zero-order chi connectivity index (χ0) is 20.0. The molecule has 1 aromatic rings. The number of nitrogens with one attached hydrogen (secondary N) is 1. The molecule has 0 unspecified atom stereocenters. The highest BCUT2D eigenvalue weighted by molar-refractivity contribution is 5.76. The average Bonchev–Trinajstić information content (AvgIpc) is 2.84. The summed E-state index contributed by atoms with van der Waals surface area (Å²) in [4.78, 5) is 16.8. The summed E-state index contributed by atoms with van der Waals surface area (Å²) < 4.78 is 38.8. The number of amides is 1. The third-order valence-electron chi connectivity index (χ3n) is 5.65. The van der Waals surface area contributed by atoms with E-state index in [1.165, 1.54) is 31.4 Å². The van der Waals surface area contributed by atoms with Crippen molar-refractivity contribution >= 4 is 5.91 Å². The first-order chi connectivity index (χ1) is 13.4. The molecule has 1 amide bonds. The van der Waals surface area contributed by atoms with Gasteiger partial charge >= 0.3 is 6.18 Å². The van der Waals surface area contributed by atoms with Crippen LogP contribution in [0.2, 0.25) is 0 Å². The smallest absolute Gasteiger partial charge is 0.341 e. The zero-order valence-corrected chi connectivity index (χ0v) is 16.3. The summed E-state index contributed by atoms with van der Waals surface area (Å²) in [6.45, 7) is 5.15. The van der Waals surface area contributed by atoms with E-state index in [9.17, 15) is 18.0 Å². The molecule has 2 heterocycles. The van der Waals surface area contributed by atoms with Gasteiger partial charge in [0.1, 0.15) is 0 Å². The van der Waals surface area contributed by atoms with Gasteiger partial charge in [0.05, 0.1) is 5.56 Å². The van der Waals surface area contributed by atoms with Gasteiger partial charge in [-0.05, 0) is 56.9 Å². The highest BCUT2D eigenvalue weighted by atomic mass is 19.4. The summed E-state index contributed by atoms with van der Waals surface area (Å²) in [6.07, 6.45) is 1.37. The Balaban J connectivity index is 1.54. The maximum absolute atomic E-state index is 12.9. The van der Waals surface area contributed by atoms with Crippen LogP contribution in [0.3, 0.4) is 0 Å². The van der Waals surface area contributed by atoms with Gasteiger partial charge in [-0.1, -0.05) is 24.6 Å². The first kappa shape index (κ1) is 21.1. The topological polar surface area (TPSA) is 35.6 Å². The van der Waals surface area contributed by atoms with Crippen LogP contribution in [0.4, 0.5) is 13.2 Å². The van der Waals surface area contributed by atoms with Gasteiger partial charge in [0.15, 0.2) is 0 Å². The second-order valence-corrected chi connectivity index (χ2v) is 7.90. The number of rotatable bonds is 6. The van der Waals surface area contributed by atoms with E-state index in [1.54, 1.807) is 6.07 Å². The number of halogens is 3. The van der Waals surface area contributed by atoms with Crippen molar-refractivity contribution in [1.82, 2.24) is 15.1 Å². The largest absolute Gasteiger partial charge is 0.416 e. The monoisotopic (exact) mass is 397 g/mol. The fraction of sp³-hybridized carbons (Fsp3) is 0.667. The second-order valence-electron chi connectivity index (χ2n) is 7.90. The van der Waals surface area contributed by atoms with E-state index in [2.05, 4.69) is 10.2 Å². The molecule has 1 aromatic carbocycles. The number of alkyl halides is 3. The molecule has 4 nitrogen and oxygen atoms in total. The van der Waals surface area contributed by atoms with E-state index < -0.39 is 11.7 Å². The molecule has 2 aliphatic rings. The van der Waals surface area contributed by atoms with Crippen LogP contribution in [-0.2, 0) is 17.4 Å². The van der Waals surface area contributed by atoms with Crippen LogP contribution in [0, 0.1) is 0 Å². The van der Waals surface area contributed by atoms with Crippen LogP contribution in [-0.4, -0.2) is 61.0 Å². The van der Waals surface area contributed by atoms with Gasteiger partial charge in [-0.15, -0.1) is 0 Å². The maximum Gasteiger partial charge on any atom is 0.416 e. The third-order valence-corrected chi connectivity index (χ3v) is 5.65. The Morgan fingerprint density at radius 2 is 1.89 bits per heavy atom. The molecular formula is C21H30F3N3O. The third kappa shape index (κ3) is 6.21. The Morgan fingerprint density at radius 1 is 1.11 bits per heavy atom. The predicted octanol–water partition coefficient (Wildman–Crippen LogP) is 3.31. The second kappa shape index (κ2) is 9.74. The van der Waals surface area contributed by atoms with Gasteiger partial charge in [-0.25, -0.2) is 0 Å². The summed E-state index contributed by atoms with van der Waals surface area (Å²) in [6, 6.07) is 5.47. The van der Waals surface area contributed by atoms with E-state index in [1.807, 2.05) is 4.90 Å². The minimum absolute atomic E-state index is 0.0232. The lowest BCUT2D eigenvalue weighted by Crippen LogP contribution is -2.42. The Kier molecular flexibility index (Phi) is 7.35. The van der Waals surface area contributed by atoms with Crippen molar-refractivity contribution in [3.05, 3.63) is 35.4 Å². The van der Waals surface area contributed by atoms with Crippen molar-refractivity contribution in [3.8, 4) is 0 Å². The van der Waals surface area contributed by atoms with E-state index in [-0.39, 0.29) is 11.9 Å². The van der Waals surface area contributed by atoms with Crippen molar-refractivity contribution in [2.24, 2.45) is 0 Å². The lowest BCUT2D eigenvalue weighted by Gasteiger charge is -2.29. The van der Waals surface area contributed by atoms with Gasteiger partial charge in [0.25, 0.3) is 0 Å². The molecule has 0 saturated carbocycles. The summed E-state index contributed by atoms with van der Waals surface area (Å²) in [5, 5.41) is 3.33. The quantitative estimate of drug-likeness (QED) is 0.800. The normalized spacial score (nSPS) is 22.3. The zero-order valence-electron chi connectivity index (χ0n) is 16.3. The fourth-order valence-electron chi connectivity index (χ4n) is 4.15. The molecule has 3 rings (SSSR count). The molecule has 2 saturated heterocycles. The predicted molar refractivity (Wildman–Crippen MR) is 103 cm³/mol. The van der Waals surface area contributed by atoms with E-state index in [4.69, 9.17) is 0 Å². The molecule has 0 spiro atoms. The molecule has 1 atom stereocenters. The van der Waals surface area contributed by atoms with Crippen LogP contribution in [0.5, 0.6) is 0 Å². The van der Waals surface area contributed by atoms with Crippen molar-refractivity contribution in [2.75, 3.05) is 39.3 Å². The fourth-order valence-corrected chi connectivity index (χ4v) is 4.15. The van der Waals surface area contributed by atoms with E-state index >= 15 is 0 Å². The first-order valence-corrected chi connectivity index (χ1v) is 10.3. The van der Waals surface area contributed by atoms with Crippen LogP contribution in [0.15, 0.2) is 24.3 Å². The Morgan fingerprint density at radius 3 is 2.64 bits per heavy atom. The summed E-state index contributed by atoms with van der Waals surface area (Å²) in [5.74, 6) is 0.137. The van der Waals surface area contributed by atoms with Crippen molar-refractivity contribution in [2.45, 2.75) is 50.7 Å². The number of hydrogen-bond donors (Lipinski definition) is 1. The van der Waals surface area contributed by atoms with E-state index in [0.29, 0.717) is 31.5 Å². The Hall–Kier alpha value is -1.60. The van der Waals surface area contributed by atoms with Gasteiger partial charge in [-0.3, -0.25) is 4.79 Å². The summed E-state index contributed by atoms with van der Waals surface area (Å²) in [5.41, 5.74) is 0.0306. The number of carbonyl (C=O) groups excluding carboxylic acids is 1. The van der Waals surface area contributed by atoms with Crippen molar-refractivity contribution in [1.29, 1.82) is 0 Å². The molecular weight excluding hydrogens is 367 g/mol. The lowest BCUT2D eigenvalue weighted by molar-refractivity contribution is -0.137. The van der Waals surface area contributed by atoms with Gasteiger partial charge in [0, 0.05) is 32.1 Å². The molecule has 0 aromatic heterocycles. The number of hydrogen-bond acceptors (Lipinski definition) is 3. The lowest BCUT2D eigenvalue weighted by atomic mass is 10.0. The molecule has 28 heavy (non-hydrogen) atoms. The molecule has 2 aliphatic heterocycles. The van der Waals surface area contributed by atoms with Gasteiger partial charge in [-0.2, -0.15) is 13.2 Å². The van der Waals surface area contributed by atoms with Crippen LogP contribution in [0.1, 0.15) is 43.2 Å². The average molecular weight is 397 g/mol. The van der Waals surface area contributed by atoms with Crippen molar-refractivity contribution < 1.29 is 18.0 Å². The van der Waals surface area contributed by atoms with Crippen LogP contribution in [0.25, 0.3) is 0 Å². The number of nitrogens with zero attached hydrogens (tertiary/aromatic N) is 2. The molecule has 1 N–H and O–H groups in total. The minimum Gasteiger partial charge on any atom is -0.341 e. The highest BCUT2D eigenvalue weighted by Gasteiger charge is 2.31. The standard InChI is InChI=1S/C21H30F3N3O/c22-21(23,24)18-7-4-6-17(14-18)15-19-16-27(20(28)8-9-25-19)13-5-12-26-10-2-1-3-11-26/h4,6-7,14,19,25H,1-3,5,8-13,15-16H2/t19-/m1/s1. The first-order valence-electron chi connectivity index (χ1n) is 10.3. The summed E-state index contributed by atoms with van der Waals surface area (Å²) >= 11 is 0. The summed E-state index contributed by atoms with van der Waals surface area (Å²) in [7, 11) is 0. The van der Waals surface area contributed by atoms with Crippen LogP contribution < -0.4 is 5.32 Å². The Labute approximate surface area is 165 Å². The number of likely N-dealkylation sites (tertiary alicyclic amines) is 1. The molecule has 0 aliphatic carbocycles. The van der Waals surface area contributed by atoms with Gasteiger partial charge < -0.3 is 15.1 Å². The SMILES string of the molecule is O=C1CCN[C@H](Cc2cccc(C(F)(F)F)c2)CN1CCCN1CCCCC1. The van der Waals surface area contributed by atoms with Crippen molar-refractivity contribution in [3.63, 3.8) is 0 Å². The Bertz CT molecular complexity index is 644. The van der Waals surface area contributed by atoms with E-state index in [0.717, 1.165) is 38.7 Å². The number of piperidine rings is 1. The molecule has 0 bridgehead atoms. The molecule has 7 heteroatoms. The number of benzene rings is 1. The minimum atomic E-state index is -4.33. The highest BCUT2D eigenvalue weighted by Crippen LogP contribution is 2.29. The van der Waals surface area contributed by atoms with Gasteiger partial charge in [0.2, 0.25) is 5.91 Å². The molecule has 156 valence electrons. The molecule has 2 fully saturated rings. The number of carbonyl (C=O) groups is 1. The maximum atomic E-state index is 12.9. The molecule has 0 radical (unpaired) electrons. The van der Waals surface area contributed by atoms with Crippen LogP contribution >= 0.6 is 0 Å².